The molecule has 0 spiro atoms. The zero-order chi connectivity index (χ0) is 31.8. The van der Waals surface area contributed by atoms with Gasteiger partial charge in [-0.3, -0.25) is 19.7 Å². The number of aryl methyl sites for hydroxylation is 2. The Kier molecular flexibility index (Phi) is 8.76. The van der Waals surface area contributed by atoms with Crippen molar-refractivity contribution >= 4 is 22.3 Å². The number of anilines is 2. The SMILES string of the molecule is Cc1ccc(N2CCCC(N(Cc3ccnc(C)c3)Cc3cn(C4CC4)c4cc(N5CCO[C@@H](CO)C5)c(F)cc4c3=O)C2)cn1. The molecule has 5 heterocycles. The minimum atomic E-state index is -0.415. The van der Waals surface area contributed by atoms with Gasteiger partial charge < -0.3 is 24.2 Å². The Labute approximate surface area is 269 Å². The van der Waals surface area contributed by atoms with E-state index in [2.05, 4.69) is 48.6 Å². The predicted molar refractivity (Wildman–Crippen MR) is 178 cm³/mol. The van der Waals surface area contributed by atoms with Crippen molar-refractivity contribution in [2.75, 3.05) is 49.2 Å². The molecule has 1 saturated carbocycles. The van der Waals surface area contributed by atoms with Crippen LogP contribution in [0.1, 0.15) is 54.2 Å². The Morgan fingerprint density at radius 2 is 1.87 bits per heavy atom. The number of benzene rings is 1. The average Bonchev–Trinajstić information content (AvgIpc) is 3.92. The number of rotatable bonds is 9. The first kappa shape index (κ1) is 30.8. The van der Waals surface area contributed by atoms with E-state index in [1.54, 1.807) is 0 Å². The number of hydrogen-bond acceptors (Lipinski definition) is 8. The summed E-state index contributed by atoms with van der Waals surface area (Å²) in [7, 11) is 0. The lowest BCUT2D eigenvalue weighted by atomic mass is 10.0. The second-order valence-corrected chi connectivity index (χ2v) is 13.2. The first-order valence-electron chi connectivity index (χ1n) is 16.5. The number of aromatic nitrogens is 3. The molecule has 7 rings (SSSR count). The number of ether oxygens (including phenoxy) is 1. The molecule has 1 aromatic carbocycles. The van der Waals surface area contributed by atoms with Crippen molar-refractivity contribution in [1.29, 1.82) is 0 Å². The molecule has 3 fully saturated rings. The lowest BCUT2D eigenvalue weighted by Gasteiger charge is -2.40. The maximum absolute atomic E-state index is 15.8. The molecule has 2 atom stereocenters. The molecule has 2 aliphatic heterocycles. The summed E-state index contributed by atoms with van der Waals surface area (Å²) in [5.41, 5.74) is 6.05. The number of aliphatic hydroxyl groups excluding tert-OH is 1. The monoisotopic (exact) mass is 626 g/mol. The van der Waals surface area contributed by atoms with Crippen molar-refractivity contribution in [3.63, 3.8) is 0 Å². The number of morpholine rings is 1. The standard InChI is InChI=1S/C36H43FN6O3/c1-24-5-6-29(17-39-24)40-11-3-4-30(21-40)42(18-26-9-10-38-25(2)14-26)19-27-20-43(28-7-8-28)34-16-35(33(37)15-32(34)36(27)45)41-12-13-46-31(22-41)23-44/h5-6,9-10,14-17,20,28,30-31,44H,3-4,7-8,11-13,18-19,21-23H2,1-2H3/t30?,31-/m1/s1. The summed E-state index contributed by atoms with van der Waals surface area (Å²) < 4.78 is 23.6. The van der Waals surface area contributed by atoms with Crippen LogP contribution in [0.2, 0.25) is 0 Å². The minimum absolute atomic E-state index is 0.112. The lowest BCUT2D eigenvalue weighted by molar-refractivity contribution is 0.00341. The van der Waals surface area contributed by atoms with Crippen LogP contribution in [-0.4, -0.2) is 76.1 Å². The van der Waals surface area contributed by atoms with E-state index >= 15 is 4.39 Å². The number of piperidine rings is 1. The third-order valence-corrected chi connectivity index (χ3v) is 9.69. The summed E-state index contributed by atoms with van der Waals surface area (Å²) in [6, 6.07) is 12.1. The maximum atomic E-state index is 15.8. The van der Waals surface area contributed by atoms with E-state index in [4.69, 9.17) is 4.74 Å². The molecular formula is C36H43FN6O3. The van der Waals surface area contributed by atoms with E-state index in [0.717, 1.165) is 66.9 Å². The zero-order valence-electron chi connectivity index (χ0n) is 26.7. The van der Waals surface area contributed by atoms with Crippen molar-refractivity contribution < 1.29 is 14.2 Å². The van der Waals surface area contributed by atoms with Crippen molar-refractivity contribution in [1.82, 2.24) is 19.4 Å². The highest BCUT2D eigenvalue weighted by atomic mass is 19.1. The summed E-state index contributed by atoms with van der Waals surface area (Å²) in [6.07, 6.45) is 9.63. The summed E-state index contributed by atoms with van der Waals surface area (Å²) >= 11 is 0. The van der Waals surface area contributed by atoms with Gasteiger partial charge in [-0.05, 0) is 81.5 Å². The highest BCUT2D eigenvalue weighted by molar-refractivity contribution is 5.84. The smallest absolute Gasteiger partial charge is 0.193 e. The molecule has 46 heavy (non-hydrogen) atoms. The summed E-state index contributed by atoms with van der Waals surface area (Å²) in [4.78, 5) is 29.9. The van der Waals surface area contributed by atoms with E-state index in [9.17, 15) is 9.90 Å². The Balaban J connectivity index is 1.24. The topological polar surface area (TPSA) is 87.0 Å². The van der Waals surface area contributed by atoms with Crippen molar-refractivity contribution in [3.05, 3.63) is 93.5 Å². The van der Waals surface area contributed by atoms with Crippen LogP contribution in [0.15, 0.2) is 59.8 Å². The van der Waals surface area contributed by atoms with Crippen LogP contribution in [0.3, 0.4) is 0 Å². The van der Waals surface area contributed by atoms with Gasteiger partial charge in [0.25, 0.3) is 0 Å². The van der Waals surface area contributed by atoms with Gasteiger partial charge in [0.15, 0.2) is 5.43 Å². The largest absolute Gasteiger partial charge is 0.394 e. The van der Waals surface area contributed by atoms with E-state index in [-0.39, 0.29) is 24.2 Å². The molecule has 0 bridgehead atoms. The van der Waals surface area contributed by atoms with E-state index in [0.29, 0.717) is 55.5 Å². The van der Waals surface area contributed by atoms with Gasteiger partial charge in [-0.25, -0.2) is 4.39 Å². The van der Waals surface area contributed by atoms with Gasteiger partial charge in [0, 0.05) is 86.1 Å². The molecule has 4 aromatic rings. The molecule has 1 unspecified atom stereocenters. The number of hydrogen-bond donors (Lipinski definition) is 1. The van der Waals surface area contributed by atoms with E-state index in [1.807, 2.05) is 43.4 Å². The van der Waals surface area contributed by atoms with Crippen molar-refractivity contribution in [3.8, 4) is 0 Å². The van der Waals surface area contributed by atoms with Gasteiger partial charge >= 0.3 is 0 Å². The molecule has 0 radical (unpaired) electrons. The number of fused-ring (bicyclic) bond motifs is 1. The molecule has 2 saturated heterocycles. The average molecular weight is 627 g/mol. The molecule has 3 aromatic heterocycles. The van der Waals surface area contributed by atoms with Gasteiger partial charge in [-0.1, -0.05) is 0 Å². The summed E-state index contributed by atoms with van der Waals surface area (Å²) in [6.45, 7) is 8.22. The fourth-order valence-electron chi connectivity index (χ4n) is 7.08. The van der Waals surface area contributed by atoms with Gasteiger partial charge in [0.2, 0.25) is 0 Å². The summed E-state index contributed by atoms with van der Waals surface area (Å²) in [5.74, 6) is -0.415. The number of pyridine rings is 3. The molecular weight excluding hydrogens is 583 g/mol. The van der Waals surface area contributed by atoms with Crippen LogP contribution in [0.5, 0.6) is 0 Å². The quantitative estimate of drug-likeness (QED) is 0.285. The van der Waals surface area contributed by atoms with Crippen LogP contribution < -0.4 is 15.2 Å². The molecule has 1 aliphatic carbocycles. The van der Waals surface area contributed by atoms with Crippen molar-refractivity contribution in [2.45, 2.75) is 70.8 Å². The Morgan fingerprint density at radius 1 is 1.00 bits per heavy atom. The van der Waals surface area contributed by atoms with Crippen molar-refractivity contribution in [2.24, 2.45) is 0 Å². The second kappa shape index (κ2) is 13.1. The van der Waals surface area contributed by atoms with Crippen LogP contribution in [0.4, 0.5) is 15.8 Å². The Morgan fingerprint density at radius 3 is 2.63 bits per heavy atom. The highest BCUT2D eigenvalue weighted by Crippen LogP contribution is 2.38. The molecule has 0 amide bonds. The first-order valence-corrected chi connectivity index (χ1v) is 16.5. The molecule has 9 nitrogen and oxygen atoms in total. The molecule has 3 aliphatic rings. The third kappa shape index (κ3) is 6.52. The van der Waals surface area contributed by atoms with Gasteiger partial charge in [-0.15, -0.1) is 0 Å². The predicted octanol–water partition coefficient (Wildman–Crippen LogP) is 4.75. The molecule has 242 valence electrons. The van der Waals surface area contributed by atoms with Crippen LogP contribution in [0, 0.1) is 19.7 Å². The first-order chi connectivity index (χ1) is 22.4. The minimum Gasteiger partial charge on any atom is -0.394 e. The number of halogens is 1. The fourth-order valence-corrected chi connectivity index (χ4v) is 7.08. The Hall–Kier alpha value is -3.86. The Bertz CT molecular complexity index is 1760. The van der Waals surface area contributed by atoms with E-state index in [1.165, 1.54) is 6.07 Å². The summed E-state index contributed by atoms with van der Waals surface area (Å²) in [5, 5.41) is 10.1. The zero-order valence-corrected chi connectivity index (χ0v) is 26.7. The van der Waals surface area contributed by atoms with Gasteiger partial charge in [0.1, 0.15) is 5.82 Å². The van der Waals surface area contributed by atoms with Crippen LogP contribution >= 0.6 is 0 Å². The lowest BCUT2D eigenvalue weighted by Crippen LogP contribution is -2.48. The normalized spacial score (nSPS) is 20.5. The molecule has 1 N–H and O–H groups in total. The van der Waals surface area contributed by atoms with Crippen LogP contribution in [-0.2, 0) is 17.8 Å². The number of aliphatic hydroxyl groups is 1. The number of nitrogens with zero attached hydrogens (tertiary/aromatic N) is 6. The van der Waals surface area contributed by atoms with E-state index < -0.39 is 5.82 Å². The molecule has 10 heteroatoms. The fraction of sp³-hybridized carbons (Fsp3) is 0.472. The maximum Gasteiger partial charge on any atom is 0.193 e. The van der Waals surface area contributed by atoms with Gasteiger partial charge in [-0.2, -0.15) is 0 Å². The van der Waals surface area contributed by atoms with Gasteiger partial charge in [0.05, 0.1) is 42.4 Å². The third-order valence-electron chi connectivity index (χ3n) is 9.69. The second-order valence-electron chi connectivity index (χ2n) is 13.2. The highest BCUT2D eigenvalue weighted by Gasteiger charge is 2.31. The van der Waals surface area contributed by atoms with Crippen LogP contribution in [0.25, 0.3) is 10.9 Å².